The molecule has 0 aliphatic heterocycles. The summed E-state index contributed by atoms with van der Waals surface area (Å²) in [4.78, 5) is 0.230. The number of benzene rings is 1. The molecule has 0 saturated heterocycles. The van der Waals surface area contributed by atoms with Crippen LogP contribution in [-0.4, -0.2) is 51.5 Å². The zero-order valence-electron chi connectivity index (χ0n) is 17.3. The SMILES string of the molecule is CCN(CC)S(=O)(=O)c1cccc(-c2nnc(SCCCCCn3cccn3)o2)c1. The van der Waals surface area contributed by atoms with E-state index in [0.717, 1.165) is 31.6 Å². The first kappa shape index (κ1) is 22.5. The van der Waals surface area contributed by atoms with Gasteiger partial charge in [-0.2, -0.15) is 9.40 Å². The van der Waals surface area contributed by atoms with Crippen molar-refractivity contribution < 1.29 is 12.8 Å². The Morgan fingerprint density at radius 3 is 2.67 bits per heavy atom. The Kier molecular flexibility index (Phi) is 8.06. The molecule has 0 fully saturated rings. The molecule has 10 heteroatoms. The third kappa shape index (κ3) is 5.71. The summed E-state index contributed by atoms with van der Waals surface area (Å²) in [6.07, 6.45) is 6.97. The molecule has 8 nitrogen and oxygen atoms in total. The van der Waals surface area contributed by atoms with Gasteiger partial charge in [0.1, 0.15) is 0 Å². The second-order valence-electron chi connectivity index (χ2n) is 6.67. The maximum absolute atomic E-state index is 12.7. The molecular weight excluding hydrogens is 422 g/mol. The van der Waals surface area contributed by atoms with Gasteiger partial charge in [-0.1, -0.05) is 38.1 Å². The van der Waals surface area contributed by atoms with Gasteiger partial charge in [-0.15, -0.1) is 10.2 Å². The van der Waals surface area contributed by atoms with Crippen LogP contribution in [0.5, 0.6) is 0 Å². The molecule has 0 unspecified atom stereocenters. The maximum atomic E-state index is 12.7. The van der Waals surface area contributed by atoms with Crippen molar-refractivity contribution in [2.75, 3.05) is 18.8 Å². The van der Waals surface area contributed by atoms with Gasteiger partial charge in [-0.05, 0) is 37.1 Å². The molecule has 162 valence electrons. The minimum Gasteiger partial charge on any atom is -0.411 e. The Balaban J connectivity index is 1.54. The summed E-state index contributed by atoms with van der Waals surface area (Å²) in [6.45, 7) is 5.42. The molecule has 0 N–H and O–H groups in total. The van der Waals surface area contributed by atoms with E-state index < -0.39 is 10.0 Å². The predicted octanol–water partition coefficient (Wildman–Crippen LogP) is 3.93. The molecule has 0 spiro atoms. The number of aryl methyl sites for hydroxylation is 1. The summed E-state index contributed by atoms with van der Waals surface area (Å²) in [5.41, 5.74) is 0.599. The Labute approximate surface area is 181 Å². The lowest BCUT2D eigenvalue weighted by Gasteiger charge is -2.18. The van der Waals surface area contributed by atoms with E-state index in [1.807, 2.05) is 30.8 Å². The number of nitrogens with zero attached hydrogens (tertiary/aromatic N) is 5. The monoisotopic (exact) mass is 449 g/mol. The molecule has 0 saturated carbocycles. The van der Waals surface area contributed by atoms with Crippen molar-refractivity contribution in [3.8, 4) is 11.5 Å². The highest BCUT2D eigenvalue weighted by molar-refractivity contribution is 7.99. The van der Waals surface area contributed by atoms with Gasteiger partial charge in [0.2, 0.25) is 15.9 Å². The molecule has 0 radical (unpaired) electrons. The maximum Gasteiger partial charge on any atom is 0.276 e. The standard InChI is InChI=1S/C20H27N5O3S2/c1-3-25(4-2)30(26,27)18-11-8-10-17(16-18)19-22-23-20(28-19)29-15-7-5-6-13-24-14-9-12-21-24/h8-12,14,16H,3-7,13,15H2,1-2H3. The number of thioether (sulfide) groups is 1. The van der Waals surface area contributed by atoms with E-state index in [0.29, 0.717) is 29.8 Å². The molecular formula is C20H27N5O3S2. The third-order valence-electron chi connectivity index (χ3n) is 4.65. The number of hydrogen-bond acceptors (Lipinski definition) is 7. The van der Waals surface area contributed by atoms with Crippen molar-refractivity contribution in [2.45, 2.75) is 49.8 Å². The van der Waals surface area contributed by atoms with Crippen molar-refractivity contribution >= 4 is 21.8 Å². The lowest BCUT2D eigenvalue weighted by molar-refractivity contribution is 0.445. The second kappa shape index (κ2) is 10.7. The molecule has 0 bridgehead atoms. The quantitative estimate of drug-likeness (QED) is 0.305. The van der Waals surface area contributed by atoms with E-state index in [1.54, 1.807) is 30.5 Å². The Morgan fingerprint density at radius 2 is 1.93 bits per heavy atom. The van der Waals surface area contributed by atoms with Crippen LogP contribution in [0.3, 0.4) is 0 Å². The molecule has 3 aromatic rings. The summed E-state index contributed by atoms with van der Waals surface area (Å²) >= 11 is 1.52. The van der Waals surface area contributed by atoms with E-state index in [1.165, 1.54) is 16.1 Å². The van der Waals surface area contributed by atoms with E-state index in [2.05, 4.69) is 15.3 Å². The average molecular weight is 450 g/mol. The summed E-state index contributed by atoms with van der Waals surface area (Å²) in [5, 5.41) is 12.9. The topological polar surface area (TPSA) is 94.1 Å². The smallest absolute Gasteiger partial charge is 0.276 e. The van der Waals surface area contributed by atoms with Crippen LogP contribution < -0.4 is 0 Å². The van der Waals surface area contributed by atoms with Crippen molar-refractivity contribution in [3.63, 3.8) is 0 Å². The number of sulfonamides is 1. The van der Waals surface area contributed by atoms with Crippen LogP contribution in [0, 0.1) is 0 Å². The number of aromatic nitrogens is 4. The molecule has 0 aliphatic rings. The van der Waals surface area contributed by atoms with Crippen LogP contribution in [0.1, 0.15) is 33.1 Å². The highest BCUT2D eigenvalue weighted by Gasteiger charge is 2.22. The Bertz CT molecular complexity index is 1010. The van der Waals surface area contributed by atoms with Gasteiger partial charge in [-0.25, -0.2) is 8.42 Å². The summed E-state index contributed by atoms with van der Waals surface area (Å²) in [5.74, 6) is 1.21. The van der Waals surface area contributed by atoms with Crippen LogP contribution in [0.25, 0.3) is 11.5 Å². The Hall–Kier alpha value is -2.17. The minimum atomic E-state index is -3.53. The van der Waals surface area contributed by atoms with Crippen LogP contribution in [0.4, 0.5) is 0 Å². The molecule has 30 heavy (non-hydrogen) atoms. The molecule has 0 aliphatic carbocycles. The van der Waals surface area contributed by atoms with Gasteiger partial charge in [0.05, 0.1) is 4.90 Å². The minimum absolute atomic E-state index is 0.230. The number of rotatable bonds is 12. The van der Waals surface area contributed by atoms with Crippen LogP contribution in [-0.2, 0) is 16.6 Å². The molecule has 2 aromatic heterocycles. The largest absolute Gasteiger partial charge is 0.411 e. The van der Waals surface area contributed by atoms with Crippen molar-refractivity contribution in [1.82, 2.24) is 24.3 Å². The lowest BCUT2D eigenvalue weighted by atomic mass is 10.2. The van der Waals surface area contributed by atoms with E-state index in [4.69, 9.17) is 4.42 Å². The highest BCUT2D eigenvalue weighted by Crippen LogP contribution is 2.26. The van der Waals surface area contributed by atoms with Gasteiger partial charge in [0.15, 0.2) is 0 Å². The molecule has 1 aromatic carbocycles. The van der Waals surface area contributed by atoms with Crippen LogP contribution in [0.15, 0.2) is 57.3 Å². The molecule has 2 heterocycles. The van der Waals surface area contributed by atoms with Gasteiger partial charge >= 0.3 is 0 Å². The molecule has 3 rings (SSSR count). The zero-order chi connectivity index (χ0) is 21.4. The fourth-order valence-corrected chi connectivity index (χ4v) is 5.30. The van der Waals surface area contributed by atoms with Crippen molar-refractivity contribution in [2.24, 2.45) is 0 Å². The van der Waals surface area contributed by atoms with Gasteiger partial charge in [0.25, 0.3) is 5.22 Å². The van der Waals surface area contributed by atoms with Gasteiger partial charge in [0, 0.05) is 43.3 Å². The first-order valence-electron chi connectivity index (χ1n) is 10.1. The summed E-state index contributed by atoms with van der Waals surface area (Å²) < 4.78 is 34.6. The average Bonchev–Trinajstić information content (AvgIpc) is 3.43. The van der Waals surface area contributed by atoms with Gasteiger partial charge < -0.3 is 4.42 Å². The fourth-order valence-electron chi connectivity index (χ4n) is 3.03. The second-order valence-corrected chi connectivity index (χ2v) is 9.65. The van der Waals surface area contributed by atoms with Crippen LogP contribution >= 0.6 is 11.8 Å². The first-order chi connectivity index (χ1) is 14.5. The normalized spacial score (nSPS) is 12.0. The number of unbranched alkanes of at least 4 members (excludes halogenated alkanes) is 2. The summed E-state index contributed by atoms with van der Waals surface area (Å²) in [7, 11) is -3.53. The third-order valence-corrected chi connectivity index (χ3v) is 7.60. The fraction of sp³-hybridized carbons (Fsp3) is 0.450. The lowest BCUT2D eigenvalue weighted by Crippen LogP contribution is -2.30. The van der Waals surface area contributed by atoms with Crippen molar-refractivity contribution in [1.29, 1.82) is 0 Å². The zero-order valence-corrected chi connectivity index (χ0v) is 18.9. The van der Waals surface area contributed by atoms with Crippen LogP contribution in [0.2, 0.25) is 0 Å². The van der Waals surface area contributed by atoms with Crippen molar-refractivity contribution in [3.05, 3.63) is 42.7 Å². The van der Waals surface area contributed by atoms with Gasteiger partial charge in [-0.3, -0.25) is 4.68 Å². The van der Waals surface area contributed by atoms with E-state index in [-0.39, 0.29) is 4.90 Å². The number of hydrogen-bond donors (Lipinski definition) is 0. The molecule has 0 amide bonds. The van der Waals surface area contributed by atoms with E-state index in [9.17, 15) is 8.42 Å². The Morgan fingerprint density at radius 1 is 1.10 bits per heavy atom. The highest BCUT2D eigenvalue weighted by atomic mass is 32.2. The molecule has 0 atom stereocenters. The first-order valence-corrected chi connectivity index (χ1v) is 12.5. The predicted molar refractivity (Wildman–Crippen MR) is 117 cm³/mol. The summed E-state index contributed by atoms with van der Waals surface area (Å²) in [6, 6.07) is 8.58. The van der Waals surface area contributed by atoms with E-state index >= 15 is 0 Å².